The van der Waals surface area contributed by atoms with Crippen LogP contribution >= 0.6 is 11.3 Å². The monoisotopic (exact) mass is 329 g/mol. The van der Waals surface area contributed by atoms with Crippen molar-refractivity contribution < 1.29 is 8.42 Å². The Morgan fingerprint density at radius 1 is 1.33 bits per heavy atom. The molecule has 3 N–H and O–H groups in total. The molecule has 116 valence electrons. The highest BCUT2D eigenvalue weighted by Gasteiger charge is 2.18. The number of aromatic nitrogens is 3. The Morgan fingerprint density at radius 2 is 2.14 bits per heavy atom. The topological polar surface area (TPSA) is 99.8 Å². The average molecular weight is 329 g/mol. The Kier molecular flexibility index (Phi) is 5.32. The van der Waals surface area contributed by atoms with Crippen LogP contribution < -0.4 is 10.0 Å². The quantitative estimate of drug-likeness (QED) is 0.641. The Bertz CT molecular complexity index is 677. The highest BCUT2D eigenvalue weighted by Crippen LogP contribution is 2.20. The first-order valence-electron chi connectivity index (χ1n) is 6.78. The molecular weight excluding hydrogens is 310 g/mol. The van der Waals surface area contributed by atoms with Crippen LogP contribution in [0.25, 0.3) is 0 Å². The van der Waals surface area contributed by atoms with E-state index in [-0.39, 0.29) is 4.90 Å². The summed E-state index contributed by atoms with van der Waals surface area (Å²) in [7, 11) is -3.62. The molecule has 2 aromatic heterocycles. The molecule has 0 aromatic carbocycles. The van der Waals surface area contributed by atoms with E-state index in [4.69, 9.17) is 0 Å². The first-order chi connectivity index (χ1) is 10.0. The molecule has 0 bridgehead atoms. The number of aromatic amines is 1. The molecule has 0 aliphatic rings. The minimum absolute atomic E-state index is 0.198. The molecule has 0 unspecified atom stereocenters. The summed E-state index contributed by atoms with van der Waals surface area (Å²) in [6.45, 7) is 5.53. The number of rotatable bonds is 8. The molecular formula is C12H19N5O2S2. The van der Waals surface area contributed by atoms with Gasteiger partial charge in [0.1, 0.15) is 9.90 Å². The number of H-pyrrole nitrogens is 1. The van der Waals surface area contributed by atoms with E-state index in [1.165, 1.54) is 17.5 Å². The van der Waals surface area contributed by atoms with Gasteiger partial charge in [-0.05, 0) is 25.5 Å². The molecule has 9 heteroatoms. The predicted molar refractivity (Wildman–Crippen MR) is 82.9 cm³/mol. The Morgan fingerprint density at radius 3 is 2.81 bits per heavy atom. The highest BCUT2D eigenvalue weighted by atomic mass is 32.2. The van der Waals surface area contributed by atoms with Crippen LogP contribution in [0.2, 0.25) is 0 Å². The molecule has 0 saturated carbocycles. The first kappa shape index (κ1) is 15.9. The summed E-state index contributed by atoms with van der Waals surface area (Å²) in [5, 5.41) is 12.0. The summed E-state index contributed by atoms with van der Waals surface area (Å²) in [4.78, 5) is 3.16. The van der Waals surface area contributed by atoms with E-state index in [1.54, 1.807) is 6.07 Å². The van der Waals surface area contributed by atoms with E-state index < -0.39 is 10.0 Å². The summed E-state index contributed by atoms with van der Waals surface area (Å²) in [6, 6.07) is 1.62. The number of hydrogen-bond acceptors (Lipinski definition) is 6. The van der Waals surface area contributed by atoms with Crippen molar-refractivity contribution in [2.75, 3.05) is 11.3 Å². The zero-order valence-electron chi connectivity index (χ0n) is 12.0. The average Bonchev–Trinajstić information content (AvgIpc) is 3.08. The van der Waals surface area contributed by atoms with Gasteiger partial charge < -0.3 is 10.3 Å². The van der Waals surface area contributed by atoms with Gasteiger partial charge in [0.25, 0.3) is 10.0 Å². The minimum Gasteiger partial charge on any atom is -0.363 e. The van der Waals surface area contributed by atoms with Crippen LogP contribution in [0.4, 0.5) is 5.13 Å². The second kappa shape index (κ2) is 7.01. The second-order valence-electron chi connectivity index (χ2n) is 4.50. The molecule has 0 aliphatic carbocycles. The van der Waals surface area contributed by atoms with Crippen LogP contribution in [0.15, 0.2) is 17.2 Å². The molecule has 2 aromatic rings. The molecule has 2 heterocycles. The Balaban J connectivity index is 2.05. The maximum Gasteiger partial charge on any atom is 0.265 e. The molecule has 0 spiro atoms. The van der Waals surface area contributed by atoms with Gasteiger partial charge in [0.2, 0.25) is 5.13 Å². The first-order valence-corrected chi connectivity index (χ1v) is 9.08. The Hall–Kier alpha value is -1.45. The predicted octanol–water partition coefficient (Wildman–Crippen LogP) is 1.73. The van der Waals surface area contributed by atoms with Crippen molar-refractivity contribution >= 4 is 26.5 Å². The largest absolute Gasteiger partial charge is 0.363 e. The fourth-order valence-corrected chi connectivity index (χ4v) is 3.61. The van der Waals surface area contributed by atoms with Crippen molar-refractivity contribution in [3.63, 3.8) is 0 Å². The lowest BCUT2D eigenvalue weighted by Gasteiger charge is -2.01. The third-order valence-electron chi connectivity index (χ3n) is 2.76. The van der Waals surface area contributed by atoms with E-state index in [0.717, 1.165) is 30.1 Å². The van der Waals surface area contributed by atoms with Gasteiger partial charge in [0.05, 0.1) is 0 Å². The van der Waals surface area contributed by atoms with Gasteiger partial charge in [-0.2, -0.15) is 0 Å². The van der Waals surface area contributed by atoms with Gasteiger partial charge in [-0.3, -0.25) is 4.72 Å². The highest BCUT2D eigenvalue weighted by molar-refractivity contribution is 7.93. The van der Waals surface area contributed by atoms with E-state index in [0.29, 0.717) is 11.7 Å². The molecule has 21 heavy (non-hydrogen) atoms. The van der Waals surface area contributed by atoms with Gasteiger partial charge in [0, 0.05) is 18.4 Å². The van der Waals surface area contributed by atoms with Crippen molar-refractivity contribution in [3.05, 3.63) is 23.0 Å². The molecule has 0 saturated heterocycles. The van der Waals surface area contributed by atoms with Crippen LogP contribution in [0.1, 0.15) is 31.0 Å². The normalized spacial score (nSPS) is 11.7. The molecule has 0 amide bonds. The third-order valence-corrected chi connectivity index (χ3v) is 5.19. The van der Waals surface area contributed by atoms with Crippen LogP contribution in [0.5, 0.6) is 0 Å². The lowest BCUT2D eigenvalue weighted by atomic mass is 10.4. The summed E-state index contributed by atoms with van der Waals surface area (Å²) < 4.78 is 26.9. The van der Waals surface area contributed by atoms with Crippen molar-refractivity contribution in [1.82, 2.24) is 20.5 Å². The number of sulfonamides is 1. The smallest absolute Gasteiger partial charge is 0.265 e. The lowest BCUT2D eigenvalue weighted by Crippen LogP contribution is -2.14. The maximum atomic E-state index is 12.2. The molecule has 0 aliphatic heterocycles. The van der Waals surface area contributed by atoms with Crippen molar-refractivity contribution in [2.24, 2.45) is 0 Å². The fourth-order valence-electron chi connectivity index (χ4n) is 1.69. The molecule has 0 fully saturated rings. The fraction of sp³-hybridized carbons (Fsp3) is 0.500. The Labute approximate surface area is 128 Å². The summed E-state index contributed by atoms with van der Waals surface area (Å²) in [6.07, 6.45) is 3.24. The lowest BCUT2D eigenvalue weighted by molar-refractivity contribution is 0.601. The van der Waals surface area contributed by atoms with Crippen LogP contribution in [-0.2, 0) is 23.0 Å². The van der Waals surface area contributed by atoms with E-state index in [2.05, 4.69) is 32.1 Å². The zero-order valence-corrected chi connectivity index (χ0v) is 13.6. The molecule has 0 radical (unpaired) electrons. The van der Waals surface area contributed by atoms with Gasteiger partial charge in [-0.15, -0.1) is 10.2 Å². The third kappa shape index (κ3) is 4.26. The van der Waals surface area contributed by atoms with Crippen molar-refractivity contribution in [3.8, 4) is 0 Å². The summed E-state index contributed by atoms with van der Waals surface area (Å²) in [5.41, 5.74) is 0.829. The molecule has 7 nitrogen and oxygen atoms in total. The number of nitrogens with zero attached hydrogens (tertiary/aromatic N) is 2. The van der Waals surface area contributed by atoms with Gasteiger partial charge in [0.15, 0.2) is 0 Å². The number of hydrogen-bond donors (Lipinski definition) is 3. The van der Waals surface area contributed by atoms with Crippen LogP contribution in [-0.4, -0.2) is 30.1 Å². The van der Waals surface area contributed by atoms with Crippen LogP contribution in [0, 0.1) is 0 Å². The standard InChI is InChI=1S/C12H19N5O2S2/c1-3-5-13-7-9-6-10(8-14-9)21(18,19)17-12-16-15-11(4-2)20-12/h6,8,13-14H,3-5,7H2,1-2H3,(H,16,17). The molecule has 0 atom stereocenters. The van der Waals surface area contributed by atoms with E-state index >= 15 is 0 Å². The summed E-state index contributed by atoms with van der Waals surface area (Å²) in [5.74, 6) is 0. The van der Waals surface area contributed by atoms with Gasteiger partial charge in [-0.25, -0.2) is 8.42 Å². The van der Waals surface area contributed by atoms with Crippen LogP contribution in [0.3, 0.4) is 0 Å². The number of aryl methyl sites for hydroxylation is 1. The van der Waals surface area contributed by atoms with E-state index in [1.807, 2.05) is 6.92 Å². The van der Waals surface area contributed by atoms with Gasteiger partial charge in [-0.1, -0.05) is 25.2 Å². The van der Waals surface area contributed by atoms with Crippen molar-refractivity contribution in [1.29, 1.82) is 0 Å². The molecule has 2 rings (SSSR count). The maximum absolute atomic E-state index is 12.2. The summed E-state index contributed by atoms with van der Waals surface area (Å²) >= 11 is 1.24. The number of nitrogens with one attached hydrogen (secondary N) is 3. The minimum atomic E-state index is -3.62. The van der Waals surface area contributed by atoms with Crippen molar-refractivity contribution in [2.45, 2.75) is 38.1 Å². The van der Waals surface area contributed by atoms with Gasteiger partial charge >= 0.3 is 0 Å². The number of anilines is 1. The van der Waals surface area contributed by atoms with E-state index in [9.17, 15) is 8.42 Å². The SMILES string of the molecule is CCCNCc1cc(S(=O)(=O)Nc2nnc(CC)s2)c[nH]1. The zero-order chi connectivity index (χ0) is 15.3. The second-order valence-corrected chi connectivity index (χ2v) is 7.24.